The van der Waals surface area contributed by atoms with Crippen molar-refractivity contribution in [2.45, 2.75) is 32.1 Å². The van der Waals surface area contributed by atoms with Crippen LogP contribution < -0.4 is 5.32 Å². The third-order valence-electron chi connectivity index (χ3n) is 4.08. The summed E-state index contributed by atoms with van der Waals surface area (Å²) in [6.07, 6.45) is 6.60. The van der Waals surface area contributed by atoms with Gasteiger partial charge in [-0.25, -0.2) is 0 Å². The first-order valence-electron chi connectivity index (χ1n) is 7.00. The Bertz CT molecular complexity index is 381. The minimum Gasteiger partial charge on any atom is -0.384 e. The van der Waals surface area contributed by atoms with Gasteiger partial charge in [-0.2, -0.15) is 0 Å². The zero-order valence-electron chi connectivity index (χ0n) is 10.5. The van der Waals surface area contributed by atoms with E-state index in [-0.39, 0.29) is 0 Å². The Balaban J connectivity index is 1.56. The molecule has 1 aromatic carbocycles. The molecule has 1 aromatic rings. The van der Waals surface area contributed by atoms with E-state index in [0.717, 1.165) is 6.54 Å². The summed E-state index contributed by atoms with van der Waals surface area (Å²) in [6.45, 7) is 5.07. The molecule has 1 N–H and O–H groups in total. The van der Waals surface area contributed by atoms with Gasteiger partial charge in [0.1, 0.15) is 0 Å². The second-order valence-corrected chi connectivity index (χ2v) is 5.27. The van der Waals surface area contributed by atoms with Gasteiger partial charge in [0, 0.05) is 12.2 Å². The first kappa shape index (κ1) is 11.1. The molecule has 2 heteroatoms. The molecule has 0 unspecified atom stereocenters. The van der Waals surface area contributed by atoms with Crippen LogP contribution >= 0.6 is 0 Å². The van der Waals surface area contributed by atoms with E-state index in [2.05, 4.69) is 28.4 Å². The molecular formula is C15H22N2. The minimum absolute atomic E-state index is 1.12. The molecule has 0 bridgehead atoms. The third-order valence-corrected chi connectivity index (χ3v) is 4.08. The molecule has 3 rings (SSSR count). The summed E-state index contributed by atoms with van der Waals surface area (Å²) in [5.74, 6) is 0. The largest absolute Gasteiger partial charge is 0.384 e. The van der Waals surface area contributed by atoms with Gasteiger partial charge in [0.15, 0.2) is 0 Å². The average molecular weight is 230 g/mol. The molecule has 1 saturated heterocycles. The predicted molar refractivity (Wildman–Crippen MR) is 72.6 cm³/mol. The zero-order chi connectivity index (χ0) is 11.5. The number of fused-ring (bicyclic) bond motifs is 1. The standard InChI is InChI=1S/C15H22N2/c1-2-11-17(10-1)12-4-6-13-5-3-7-15-14(13)8-9-16-15/h3,5,7,16H,1-2,4,6,8-12H2. The maximum Gasteiger partial charge on any atom is 0.0376 e. The second kappa shape index (κ2) is 5.09. The van der Waals surface area contributed by atoms with Gasteiger partial charge in [0.25, 0.3) is 0 Å². The molecule has 2 heterocycles. The summed E-state index contributed by atoms with van der Waals surface area (Å²) >= 11 is 0. The number of benzene rings is 1. The lowest BCUT2D eigenvalue weighted by Gasteiger charge is -2.14. The number of aryl methyl sites for hydroxylation is 1. The highest BCUT2D eigenvalue weighted by Gasteiger charge is 2.14. The molecule has 0 radical (unpaired) electrons. The molecule has 2 aliphatic rings. The molecule has 1 fully saturated rings. The fourth-order valence-electron chi connectivity index (χ4n) is 3.15. The van der Waals surface area contributed by atoms with Crippen molar-refractivity contribution in [3.8, 4) is 0 Å². The lowest BCUT2D eigenvalue weighted by atomic mass is 10.0. The highest BCUT2D eigenvalue weighted by molar-refractivity contribution is 5.58. The predicted octanol–water partition coefficient (Wildman–Crippen LogP) is 2.68. The van der Waals surface area contributed by atoms with Gasteiger partial charge >= 0.3 is 0 Å². The zero-order valence-corrected chi connectivity index (χ0v) is 10.5. The van der Waals surface area contributed by atoms with Crippen LogP contribution in [0.3, 0.4) is 0 Å². The Morgan fingerprint density at radius 2 is 2.06 bits per heavy atom. The fourth-order valence-corrected chi connectivity index (χ4v) is 3.15. The summed E-state index contributed by atoms with van der Waals surface area (Å²) in [5, 5.41) is 3.46. The normalized spacial score (nSPS) is 19.3. The number of hydrogen-bond donors (Lipinski definition) is 1. The summed E-state index contributed by atoms with van der Waals surface area (Å²) in [6, 6.07) is 6.73. The van der Waals surface area contributed by atoms with Crippen LogP contribution in [0.4, 0.5) is 5.69 Å². The molecular weight excluding hydrogens is 208 g/mol. The first-order valence-corrected chi connectivity index (χ1v) is 7.00. The smallest absolute Gasteiger partial charge is 0.0376 e. The molecule has 0 aliphatic carbocycles. The summed E-state index contributed by atoms with van der Waals surface area (Å²) in [4.78, 5) is 2.61. The highest BCUT2D eigenvalue weighted by atomic mass is 15.1. The van der Waals surface area contributed by atoms with E-state index in [1.54, 1.807) is 11.1 Å². The third kappa shape index (κ3) is 2.47. The fraction of sp³-hybridized carbons (Fsp3) is 0.600. The van der Waals surface area contributed by atoms with Crippen LogP contribution in [0.25, 0.3) is 0 Å². The Hall–Kier alpha value is -1.02. The van der Waals surface area contributed by atoms with Gasteiger partial charge in [-0.15, -0.1) is 0 Å². The Morgan fingerprint density at radius 3 is 2.94 bits per heavy atom. The summed E-state index contributed by atoms with van der Waals surface area (Å²) in [7, 11) is 0. The van der Waals surface area contributed by atoms with Crippen molar-refractivity contribution in [2.24, 2.45) is 0 Å². The van der Waals surface area contributed by atoms with Crippen molar-refractivity contribution in [1.29, 1.82) is 0 Å². The van der Waals surface area contributed by atoms with Gasteiger partial charge in [-0.05, 0) is 68.9 Å². The maximum absolute atomic E-state index is 3.46. The van der Waals surface area contributed by atoms with Gasteiger partial charge in [-0.1, -0.05) is 12.1 Å². The van der Waals surface area contributed by atoms with E-state index in [4.69, 9.17) is 0 Å². The number of hydrogen-bond acceptors (Lipinski definition) is 2. The van der Waals surface area contributed by atoms with Crippen LogP contribution in [-0.4, -0.2) is 31.1 Å². The number of anilines is 1. The van der Waals surface area contributed by atoms with Crippen LogP contribution in [0.5, 0.6) is 0 Å². The first-order chi connectivity index (χ1) is 8.43. The number of likely N-dealkylation sites (tertiary alicyclic amines) is 1. The van der Waals surface area contributed by atoms with Crippen LogP contribution in [0.2, 0.25) is 0 Å². The van der Waals surface area contributed by atoms with Crippen molar-refractivity contribution in [3.05, 3.63) is 29.3 Å². The molecule has 0 spiro atoms. The number of rotatable bonds is 4. The van der Waals surface area contributed by atoms with Crippen LogP contribution in [0.1, 0.15) is 30.4 Å². The van der Waals surface area contributed by atoms with Gasteiger partial charge in [-0.3, -0.25) is 0 Å². The average Bonchev–Trinajstić information content (AvgIpc) is 2.99. The van der Waals surface area contributed by atoms with Gasteiger partial charge in [0.2, 0.25) is 0 Å². The maximum atomic E-state index is 3.46. The van der Waals surface area contributed by atoms with Gasteiger partial charge in [0.05, 0.1) is 0 Å². The second-order valence-electron chi connectivity index (χ2n) is 5.27. The molecule has 0 amide bonds. The van der Waals surface area contributed by atoms with E-state index in [1.807, 2.05) is 0 Å². The van der Waals surface area contributed by atoms with E-state index < -0.39 is 0 Å². The summed E-state index contributed by atoms with van der Waals surface area (Å²) in [5.41, 5.74) is 4.53. The van der Waals surface area contributed by atoms with Crippen LogP contribution in [0, 0.1) is 0 Å². The monoisotopic (exact) mass is 230 g/mol. The quantitative estimate of drug-likeness (QED) is 0.855. The topological polar surface area (TPSA) is 15.3 Å². The Morgan fingerprint density at radius 1 is 1.18 bits per heavy atom. The highest BCUT2D eigenvalue weighted by Crippen LogP contribution is 2.26. The van der Waals surface area contributed by atoms with E-state index in [1.165, 1.54) is 57.4 Å². The molecule has 2 nitrogen and oxygen atoms in total. The van der Waals surface area contributed by atoms with Crippen LogP contribution in [0.15, 0.2) is 18.2 Å². The molecule has 92 valence electrons. The van der Waals surface area contributed by atoms with Crippen molar-refractivity contribution in [2.75, 3.05) is 31.5 Å². The molecule has 0 atom stereocenters. The number of nitrogens with one attached hydrogen (secondary N) is 1. The van der Waals surface area contributed by atoms with E-state index in [0.29, 0.717) is 0 Å². The Labute approximate surface area is 104 Å². The minimum atomic E-state index is 1.12. The van der Waals surface area contributed by atoms with E-state index >= 15 is 0 Å². The number of nitrogens with zero attached hydrogens (tertiary/aromatic N) is 1. The van der Waals surface area contributed by atoms with Crippen molar-refractivity contribution < 1.29 is 0 Å². The SMILES string of the molecule is c1cc(CCCN2CCCC2)c2c(c1)NCC2. The van der Waals surface area contributed by atoms with Crippen LogP contribution in [-0.2, 0) is 12.8 Å². The van der Waals surface area contributed by atoms with E-state index in [9.17, 15) is 0 Å². The van der Waals surface area contributed by atoms with Gasteiger partial charge < -0.3 is 10.2 Å². The molecule has 0 saturated carbocycles. The van der Waals surface area contributed by atoms with Crippen molar-refractivity contribution >= 4 is 5.69 Å². The lowest BCUT2D eigenvalue weighted by Crippen LogP contribution is -2.20. The lowest BCUT2D eigenvalue weighted by molar-refractivity contribution is 0.334. The van der Waals surface area contributed by atoms with Crippen molar-refractivity contribution in [1.82, 2.24) is 4.90 Å². The summed E-state index contributed by atoms with van der Waals surface area (Å²) < 4.78 is 0. The Kier molecular flexibility index (Phi) is 3.32. The molecule has 17 heavy (non-hydrogen) atoms. The molecule has 0 aromatic heterocycles. The van der Waals surface area contributed by atoms with Crippen molar-refractivity contribution in [3.63, 3.8) is 0 Å². The molecule has 2 aliphatic heterocycles.